The molecule has 9 heteroatoms. The largest absolute Gasteiger partial charge is 0.339 e. The lowest BCUT2D eigenvalue weighted by molar-refractivity contribution is 0.379. The van der Waals surface area contributed by atoms with Crippen LogP contribution in [0.25, 0.3) is 10.7 Å². The first kappa shape index (κ1) is 16.7. The van der Waals surface area contributed by atoms with Gasteiger partial charge in [-0.1, -0.05) is 11.2 Å². The van der Waals surface area contributed by atoms with Crippen LogP contribution >= 0.6 is 11.3 Å². The van der Waals surface area contributed by atoms with Gasteiger partial charge < -0.3 is 4.52 Å². The zero-order valence-corrected chi connectivity index (χ0v) is 14.3. The summed E-state index contributed by atoms with van der Waals surface area (Å²) >= 11 is 1.49. The molecule has 1 aromatic carbocycles. The maximum absolute atomic E-state index is 13.1. The Morgan fingerprint density at radius 2 is 2.17 bits per heavy atom. The highest BCUT2D eigenvalue weighted by molar-refractivity contribution is 7.89. The normalized spacial score (nSPS) is 11.8. The Morgan fingerprint density at radius 1 is 1.33 bits per heavy atom. The van der Waals surface area contributed by atoms with Gasteiger partial charge in [-0.25, -0.2) is 17.5 Å². The number of benzene rings is 1. The van der Waals surface area contributed by atoms with E-state index in [9.17, 15) is 12.8 Å². The summed E-state index contributed by atoms with van der Waals surface area (Å²) in [7, 11) is -3.72. The second-order valence-electron chi connectivity index (χ2n) is 5.05. The van der Waals surface area contributed by atoms with Crippen LogP contribution in [-0.4, -0.2) is 25.1 Å². The molecule has 0 aliphatic rings. The first-order chi connectivity index (χ1) is 11.5. The van der Waals surface area contributed by atoms with Crippen molar-refractivity contribution in [1.82, 2.24) is 14.9 Å². The van der Waals surface area contributed by atoms with Crippen molar-refractivity contribution in [1.29, 1.82) is 0 Å². The molecule has 0 amide bonds. The van der Waals surface area contributed by atoms with E-state index < -0.39 is 15.8 Å². The number of hydrogen-bond acceptors (Lipinski definition) is 6. The Kier molecular flexibility index (Phi) is 4.74. The van der Waals surface area contributed by atoms with E-state index in [1.54, 1.807) is 6.92 Å². The smallest absolute Gasteiger partial charge is 0.240 e. The Balaban J connectivity index is 1.63. The number of thiophene rings is 1. The molecule has 0 fully saturated rings. The zero-order valence-electron chi connectivity index (χ0n) is 12.7. The number of aromatic nitrogens is 2. The monoisotopic (exact) mass is 367 g/mol. The molecule has 6 nitrogen and oxygen atoms in total. The lowest BCUT2D eigenvalue weighted by Crippen LogP contribution is -2.26. The summed E-state index contributed by atoms with van der Waals surface area (Å²) < 4.78 is 45.1. The Morgan fingerprint density at radius 3 is 2.88 bits per heavy atom. The molecule has 3 aromatic rings. The third kappa shape index (κ3) is 3.69. The minimum atomic E-state index is -3.72. The van der Waals surface area contributed by atoms with Gasteiger partial charge in [0.15, 0.2) is 0 Å². The lowest BCUT2D eigenvalue weighted by atomic mass is 10.2. The van der Waals surface area contributed by atoms with Crippen LogP contribution in [0.15, 0.2) is 45.1 Å². The highest BCUT2D eigenvalue weighted by atomic mass is 32.2. The molecular weight excluding hydrogens is 353 g/mol. The van der Waals surface area contributed by atoms with E-state index in [1.807, 2.05) is 17.5 Å². The predicted molar refractivity (Wildman–Crippen MR) is 87.6 cm³/mol. The molecular formula is C15H14FN3O3S2. The minimum Gasteiger partial charge on any atom is -0.339 e. The molecule has 0 radical (unpaired) electrons. The van der Waals surface area contributed by atoms with E-state index in [0.29, 0.717) is 17.3 Å². The third-order valence-electron chi connectivity index (χ3n) is 3.27. The van der Waals surface area contributed by atoms with Crippen molar-refractivity contribution in [3.05, 3.63) is 53.0 Å². The molecule has 0 bridgehead atoms. The van der Waals surface area contributed by atoms with Crippen LogP contribution in [-0.2, 0) is 16.4 Å². The molecule has 0 aliphatic carbocycles. The van der Waals surface area contributed by atoms with Crippen molar-refractivity contribution in [3.8, 4) is 10.7 Å². The van der Waals surface area contributed by atoms with Gasteiger partial charge in [-0.3, -0.25) is 0 Å². The molecule has 0 aliphatic heterocycles. The Bertz CT molecular complexity index is 937. The summed E-state index contributed by atoms with van der Waals surface area (Å²) in [5, 5.41) is 5.77. The fourth-order valence-electron chi connectivity index (χ4n) is 2.15. The third-order valence-corrected chi connectivity index (χ3v) is 5.75. The molecule has 2 heterocycles. The van der Waals surface area contributed by atoms with Crippen LogP contribution in [0.2, 0.25) is 0 Å². The second kappa shape index (κ2) is 6.80. The first-order valence-corrected chi connectivity index (χ1v) is 9.44. The van der Waals surface area contributed by atoms with Crippen molar-refractivity contribution < 1.29 is 17.3 Å². The molecule has 0 unspecified atom stereocenters. The number of nitrogens with one attached hydrogen (secondary N) is 1. The molecule has 0 saturated carbocycles. The highest BCUT2D eigenvalue weighted by Crippen LogP contribution is 2.21. The topological polar surface area (TPSA) is 85.1 Å². The Labute approximate surface area is 142 Å². The quantitative estimate of drug-likeness (QED) is 0.724. The standard InChI is InChI=1S/C15H14FN3O3S2/c1-10-9-11(16)4-5-13(10)24(20,21)17-7-6-14-18-15(19-22-14)12-3-2-8-23-12/h2-5,8-9,17H,6-7H2,1H3. The van der Waals surface area contributed by atoms with E-state index in [2.05, 4.69) is 14.9 Å². The van der Waals surface area contributed by atoms with Crippen molar-refractivity contribution in [3.63, 3.8) is 0 Å². The number of nitrogens with zero attached hydrogens (tertiary/aromatic N) is 2. The summed E-state index contributed by atoms with van der Waals surface area (Å²) in [6.45, 7) is 1.65. The van der Waals surface area contributed by atoms with E-state index >= 15 is 0 Å². The maximum Gasteiger partial charge on any atom is 0.240 e. The van der Waals surface area contributed by atoms with E-state index in [-0.39, 0.29) is 17.9 Å². The number of hydrogen-bond donors (Lipinski definition) is 1. The SMILES string of the molecule is Cc1cc(F)ccc1S(=O)(=O)NCCc1nc(-c2cccs2)no1. The summed E-state index contributed by atoms with van der Waals surface area (Å²) in [6.07, 6.45) is 0.262. The van der Waals surface area contributed by atoms with Crippen LogP contribution in [0.4, 0.5) is 4.39 Å². The van der Waals surface area contributed by atoms with E-state index in [4.69, 9.17) is 4.52 Å². The number of halogens is 1. The molecule has 24 heavy (non-hydrogen) atoms. The molecule has 0 atom stereocenters. The average molecular weight is 367 g/mol. The molecule has 2 aromatic heterocycles. The van der Waals surface area contributed by atoms with Crippen molar-refractivity contribution >= 4 is 21.4 Å². The van der Waals surface area contributed by atoms with Crippen molar-refractivity contribution in [2.75, 3.05) is 6.54 Å². The van der Waals surface area contributed by atoms with Gasteiger partial charge in [-0.2, -0.15) is 4.98 Å². The fourth-order valence-corrected chi connectivity index (χ4v) is 4.05. The summed E-state index contributed by atoms with van der Waals surface area (Å²) in [4.78, 5) is 5.15. The summed E-state index contributed by atoms with van der Waals surface area (Å²) in [5.41, 5.74) is 0.347. The number of sulfonamides is 1. The highest BCUT2D eigenvalue weighted by Gasteiger charge is 2.17. The molecule has 0 saturated heterocycles. The number of aryl methyl sites for hydroxylation is 1. The van der Waals surface area contributed by atoms with Gasteiger partial charge in [0.05, 0.1) is 9.77 Å². The van der Waals surface area contributed by atoms with Gasteiger partial charge in [-0.15, -0.1) is 11.3 Å². The van der Waals surface area contributed by atoms with Gasteiger partial charge >= 0.3 is 0 Å². The van der Waals surface area contributed by atoms with Crippen LogP contribution < -0.4 is 4.72 Å². The average Bonchev–Trinajstić information content (AvgIpc) is 3.17. The molecule has 1 N–H and O–H groups in total. The number of rotatable bonds is 6. The van der Waals surface area contributed by atoms with Crippen LogP contribution in [0.1, 0.15) is 11.5 Å². The van der Waals surface area contributed by atoms with Crippen LogP contribution in [0, 0.1) is 12.7 Å². The second-order valence-corrected chi connectivity index (χ2v) is 7.73. The van der Waals surface area contributed by atoms with Crippen LogP contribution in [0.3, 0.4) is 0 Å². The van der Waals surface area contributed by atoms with Gasteiger partial charge in [0.2, 0.25) is 21.7 Å². The minimum absolute atomic E-state index is 0.0497. The predicted octanol–water partition coefficient (Wildman–Crippen LogP) is 2.77. The van der Waals surface area contributed by atoms with E-state index in [0.717, 1.165) is 10.9 Å². The van der Waals surface area contributed by atoms with Crippen molar-refractivity contribution in [2.24, 2.45) is 0 Å². The van der Waals surface area contributed by atoms with E-state index in [1.165, 1.54) is 23.5 Å². The summed E-state index contributed by atoms with van der Waals surface area (Å²) in [6, 6.07) is 7.30. The first-order valence-electron chi connectivity index (χ1n) is 7.08. The van der Waals surface area contributed by atoms with Gasteiger partial charge in [0.25, 0.3) is 0 Å². The Hall–Kier alpha value is -2.10. The van der Waals surface area contributed by atoms with Crippen LogP contribution in [0.5, 0.6) is 0 Å². The van der Waals surface area contributed by atoms with Gasteiger partial charge in [0, 0.05) is 13.0 Å². The molecule has 126 valence electrons. The zero-order chi connectivity index (χ0) is 17.2. The maximum atomic E-state index is 13.1. The fraction of sp³-hybridized carbons (Fsp3) is 0.200. The van der Waals surface area contributed by atoms with Crippen molar-refractivity contribution in [2.45, 2.75) is 18.2 Å². The lowest BCUT2D eigenvalue weighted by Gasteiger charge is -2.08. The van der Waals surface area contributed by atoms with Gasteiger partial charge in [0.1, 0.15) is 5.82 Å². The molecule has 3 rings (SSSR count). The van der Waals surface area contributed by atoms with Gasteiger partial charge in [-0.05, 0) is 42.1 Å². The summed E-state index contributed by atoms with van der Waals surface area (Å²) in [5.74, 6) is 0.354. The molecule has 0 spiro atoms.